The Balaban J connectivity index is 1.72. The monoisotopic (exact) mass is 460 g/mol. The fourth-order valence-electron chi connectivity index (χ4n) is 3.92. The fraction of sp³-hybridized carbons (Fsp3) is 0.346. The molecule has 1 unspecified atom stereocenters. The molecule has 0 radical (unpaired) electrons. The van der Waals surface area contributed by atoms with E-state index in [9.17, 15) is 0 Å². The maximum absolute atomic E-state index is 5.33. The average Bonchev–Trinajstić information content (AvgIpc) is 3.33. The molecule has 8 nitrogen and oxygen atoms in total. The number of hydrogen-bond donors (Lipinski definition) is 1. The molecule has 178 valence electrons. The molecule has 1 N–H and O–H groups in total. The zero-order valence-corrected chi connectivity index (χ0v) is 20.2. The van der Waals surface area contributed by atoms with Crippen molar-refractivity contribution in [1.82, 2.24) is 19.6 Å². The van der Waals surface area contributed by atoms with Crippen molar-refractivity contribution in [3.05, 3.63) is 72.1 Å². The van der Waals surface area contributed by atoms with E-state index in [2.05, 4.69) is 58.4 Å². The summed E-state index contributed by atoms with van der Waals surface area (Å²) in [4.78, 5) is 11.7. The molecule has 34 heavy (non-hydrogen) atoms. The lowest BCUT2D eigenvalue weighted by Crippen LogP contribution is -2.26. The highest BCUT2D eigenvalue weighted by Crippen LogP contribution is 2.25. The predicted octanol–water partition coefficient (Wildman–Crippen LogP) is 4.95. The molecule has 2 aromatic carbocycles. The lowest BCUT2D eigenvalue weighted by Gasteiger charge is -2.25. The number of nitrogens with zero attached hydrogens (tertiary/aromatic N) is 5. The van der Waals surface area contributed by atoms with Gasteiger partial charge in [-0.1, -0.05) is 37.6 Å². The number of nitrogens with one attached hydrogen (secondary N) is 1. The highest BCUT2D eigenvalue weighted by atomic mass is 16.5. The summed E-state index contributed by atoms with van der Waals surface area (Å²) in [5, 5.41) is 8.08. The number of benzene rings is 2. The average molecular weight is 461 g/mol. The summed E-state index contributed by atoms with van der Waals surface area (Å²) in [6.07, 6.45) is 5.75. The van der Waals surface area contributed by atoms with Gasteiger partial charge in [0, 0.05) is 31.5 Å². The number of methoxy groups -OCH3 is 2. The van der Waals surface area contributed by atoms with Gasteiger partial charge < -0.3 is 19.7 Å². The smallest absolute Gasteiger partial charge is 0.243 e. The van der Waals surface area contributed by atoms with Gasteiger partial charge in [0.05, 0.1) is 14.2 Å². The van der Waals surface area contributed by atoms with Crippen molar-refractivity contribution in [2.45, 2.75) is 45.8 Å². The number of hydrogen-bond acceptors (Lipinski definition) is 7. The van der Waals surface area contributed by atoms with E-state index in [1.807, 2.05) is 30.5 Å². The van der Waals surface area contributed by atoms with Crippen molar-refractivity contribution in [2.24, 2.45) is 0 Å². The van der Waals surface area contributed by atoms with E-state index in [0.29, 0.717) is 19.0 Å². The van der Waals surface area contributed by atoms with Crippen molar-refractivity contribution in [2.75, 3.05) is 24.4 Å². The Morgan fingerprint density at radius 2 is 1.53 bits per heavy atom. The highest BCUT2D eigenvalue weighted by Gasteiger charge is 2.18. The second-order valence-corrected chi connectivity index (χ2v) is 8.34. The van der Waals surface area contributed by atoms with E-state index in [4.69, 9.17) is 14.5 Å². The molecule has 2 aromatic heterocycles. The maximum atomic E-state index is 5.33. The molecule has 0 aliphatic heterocycles. The highest BCUT2D eigenvalue weighted by molar-refractivity contribution is 5.65. The van der Waals surface area contributed by atoms with Crippen LogP contribution in [-0.4, -0.2) is 39.8 Å². The first-order valence-corrected chi connectivity index (χ1v) is 11.6. The number of rotatable bonds is 11. The topological polar surface area (TPSA) is 76.8 Å². The van der Waals surface area contributed by atoms with E-state index in [0.717, 1.165) is 46.9 Å². The normalized spacial score (nSPS) is 11.9. The van der Waals surface area contributed by atoms with Gasteiger partial charge in [0.1, 0.15) is 11.5 Å². The summed E-state index contributed by atoms with van der Waals surface area (Å²) in [5.41, 5.74) is 3.01. The van der Waals surface area contributed by atoms with Crippen LogP contribution in [0, 0.1) is 0 Å². The second-order valence-electron chi connectivity index (χ2n) is 8.34. The largest absolute Gasteiger partial charge is 0.497 e. The van der Waals surface area contributed by atoms with Gasteiger partial charge in [-0.3, -0.25) is 0 Å². The van der Waals surface area contributed by atoms with E-state index < -0.39 is 0 Å². The Bertz CT molecular complexity index is 1140. The van der Waals surface area contributed by atoms with Crippen molar-refractivity contribution < 1.29 is 9.47 Å². The lowest BCUT2D eigenvalue weighted by atomic mass is 10.1. The molecule has 4 aromatic rings. The van der Waals surface area contributed by atoms with Crippen LogP contribution in [0.2, 0.25) is 0 Å². The third-order valence-corrected chi connectivity index (χ3v) is 5.70. The summed E-state index contributed by atoms with van der Waals surface area (Å²) in [6.45, 7) is 5.63. The van der Waals surface area contributed by atoms with Crippen LogP contribution in [0.5, 0.6) is 11.5 Å². The first kappa shape index (κ1) is 23.4. The van der Waals surface area contributed by atoms with Crippen LogP contribution in [0.25, 0.3) is 5.65 Å². The Kier molecular flexibility index (Phi) is 7.47. The summed E-state index contributed by atoms with van der Waals surface area (Å²) in [6, 6.07) is 16.5. The van der Waals surface area contributed by atoms with Crippen molar-refractivity contribution >= 4 is 17.4 Å². The number of imidazole rings is 1. The Morgan fingerprint density at radius 3 is 2.06 bits per heavy atom. The molecular weight excluding hydrogens is 428 g/mol. The number of fused-ring (bicyclic) bond motifs is 1. The number of ether oxygens (including phenoxy) is 2. The van der Waals surface area contributed by atoms with E-state index >= 15 is 0 Å². The first-order chi connectivity index (χ1) is 16.6. The van der Waals surface area contributed by atoms with Gasteiger partial charge in [-0.2, -0.15) is 4.98 Å². The molecule has 0 aliphatic carbocycles. The van der Waals surface area contributed by atoms with Crippen LogP contribution in [0.1, 0.15) is 37.8 Å². The van der Waals surface area contributed by atoms with Crippen LogP contribution >= 0.6 is 0 Å². The van der Waals surface area contributed by atoms with Gasteiger partial charge in [-0.25, -0.2) is 9.50 Å². The summed E-state index contributed by atoms with van der Waals surface area (Å²) >= 11 is 0. The van der Waals surface area contributed by atoms with Gasteiger partial charge in [0.15, 0.2) is 11.5 Å². The molecule has 0 fully saturated rings. The van der Waals surface area contributed by atoms with Gasteiger partial charge in [0.2, 0.25) is 5.95 Å². The summed E-state index contributed by atoms with van der Waals surface area (Å²) in [7, 11) is 3.35. The van der Waals surface area contributed by atoms with E-state index in [1.165, 1.54) is 0 Å². The van der Waals surface area contributed by atoms with Crippen LogP contribution in [0.3, 0.4) is 0 Å². The van der Waals surface area contributed by atoms with Crippen LogP contribution < -0.4 is 19.7 Å². The second kappa shape index (κ2) is 10.9. The van der Waals surface area contributed by atoms with E-state index in [-0.39, 0.29) is 6.04 Å². The maximum Gasteiger partial charge on any atom is 0.243 e. The molecule has 0 saturated heterocycles. The first-order valence-electron chi connectivity index (χ1n) is 11.6. The molecule has 0 saturated carbocycles. The SMILES string of the molecule is CCCC(C)Nc1nc(N(Cc2ccc(OC)cc2)Cc2ccc(OC)cc2)c2nccn2n1. The molecule has 2 heterocycles. The molecule has 0 amide bonds. The molecule has 0 aliphatic rings. The molecule has 8 heteroatoms. The fourth-order valence-corrected chi connectivity index (χ4v) is 3.92. The number of anilines is 2. The minimum atomic E-state index is 0.274. The Hall–Kier alpha value is -3.81. The third kappa shape index (κ3) is 5.57. The van der Waals surface area contributed by atoms with Crippen molar-refractivity contribution in [3.63, 3.8) is 0 Å². The molecular formula is C26H32N6O2. The van der Waals surface area contributed by atoms with Gasteiger partial charge in [0.25, 0.3) is 0 Å². The molecule has 1 atom stereocenters. The summed E-state index contributed by atoms with van der Waals surface area (Å²) < 4.78 is 12.4. The zero-order chi connectivity index (χ0) is 23.9. The predicted molar refractivity (Wildman–Crippen MR) is 135 cm³/mol. The minimum Gasteiger partial charge on any atom is -0.497 e. The Labute approximate surface area is 200 Å². The van der Waals surface area contributed by atoms with Crippen LogP contribution in [0.15, 0.2) is 60.9 Å². The van der Waals surface area contributed by atoms with Crippen molar-refractivity contribution in [1.29, 1.82) is 0 Å². The lowest BCUT2D eigenvalue weighted by molar-refractivity contribution is 0.414. The van der Waals surface area contributed by atoms with Crippen molar-refractivity contribution in [3.8, 4) is 11.5 Å². The van der Waals surface area contributed by atoms with Crippen LogP contribution in [-0.2, 0) is 13.1 Å². The van der Waals surface area contributed by atoms with Gasteiger partial charge in [-0.05, 0) is 48.7 Å². The minimum absolute atomic E-state index is 0.274. The summed E-state index contributed by atoms with van der Waals surface area (Å²) in [5.74, 6) is 3.04. The standard InChI is InChI=1S/C26H32N6O2/c1-5-6-19(2)28-26-29-25(24-27-15-16-32(24)30-26)31(17-20-7-11-22(33-3)12-8-20)18-21-9-13-23(34-4)14-10-21/h7-16,19H,5-6,17-18H2,1-4H3,(H,28,30). The Morgan fingerprint density at radius 1 is 0.941 bits per heavy atom. The molecule has 0 spiro atoms. The quantitative estimate of drug-likeness (QED) is 0.339. The molecule has 0 bridgehead atoms. The van der Waals surface area contributed by atoms with Gasteiger partial charge >= 0.3 is 0 Å². The van der Waals surface area contributed by atoms with Gasteiger partial charge in [-0.15, -0.1) is 5.10 Å². The van der Waals surface area contributed by atoms with E-state index in [1.54, 1.807) is 24.9 Å². The third-order valence-electron chi connectivity index (χ3n) is 5.70. The number of aromatic nitrogens is 4. The van der Waals surface area contributed by atoms with Crippen LogP contribution in [0.4, 0.5) is 11.8 Å². The molecule has 4 rings (SSSR count). The zero-order valence-electron chi connectivity index (χ0n) is 20.2.